The van der Waals surface area contributed by atoms with Crippen molar-refractivity contribution in [1.29, 1.82) is 0 Å². The minimum absolute atomic E-state index is 0.125. The maximum Gasteiger partial charge on any atom is 0.251 e. The molecule has 1 N–H and O–H groups in total. The van der Waals surface area contributed by atoms with Gasteiger partial charge in [-0.2, -0.15) is 0 Å². The Hall–Kier alpha value is -1.56. The van der Waals surface area contributed by atoms with Crippen LogP contribution in [0.25, 0.3) is 0 Å². The summed E-state index contributed by atoms with van der Waals surface area (Å²) in [5, 5.41) is 2.97. The molecular weight excluding hydrogens is 288 g/mol. The van der Waals surface area contributed by atoms with Crippen LogP contribution in [-0.4, -0.2) is 33.7 Å². The molecule has 1 aromatic rings. The molecule has 0 saturated carbocycles. The summed E-state index contributed by atoms with van der Waals surface area (Å²) < 4.78 is 24.4. The first kappa shape index (κ1) is 17.5. The summed E-state index contributed by atoms with van der Waals surface area (Å²) >= 11 is 0. The van der Waals surface area contributed by atoms with Crippen LogP contribution in [0.15, 0.2) is 18.2 Å². The molecule has 0 saturated heterocycles. The van der Waals surface area contributed by atoms with Gasteiger partial charge in [0.25, 0.3) is 5.91 Å². The molecule has 0 heterocycles. The van der Waals surface area contributed by atoms with Gasteiger partial charge in [0, 0.05) is 18.7 Å². The van der Waals surface area contributed by atoms with Crippen molar-refractivity contribution in [3.8, 4) is 0 Å². The van der Waals surface area contributed by atoms with E-state index in [1.54, 1.807) is 25.1 Å². The molecule has 0 aromatic heterocycles. The maximum atomic E-state index is 12.2. The second kappa shape index (κ2) is 6.93. The lowest BCUT2D eigenvalue weighted by atomic mass is 10.1. The van der Waals surface area contributed by atoms with Crippen LogP contribution in [-0.2, 0) is 10.0 Å². The van der Waals surface area contributed by atoms with Gasteiger partial charge in [0.2, 0.25) is 10.0 Å². The van der Waals surface area contributed by atoms with Gasteiger partial charge in [0.1, 0.15) is 0 Å². The largest absolute Gasteiger partial charge is 0.349 e. The van der Waals surface area contributed by atoms with Crippen molar-refractivity contribution in [2.24, 2.45) is 0 Å². The maximum absolute atomic E-state index is 12.2. The van der Waals surface area contributed by atoms with Crippen molar-refractivity contribution in [3.63, 3.8) is 0 Å². The normalized spacial score (nSPS) is 11.5. The number of carbonyl (C=O) groups is 1. The number of nitrogens with zero attached hydrogens (tertiary/aromatic N) is 1. The molecule has 21 heavy (non-hydrogen) atoms. The molecule has 0 fully saturated rings. The molecule has 0 bridgehead atoms. The number of amides is 1. The third-order valence-electron chi connectivity index (χ3n) is 3.62. The first-order valence-electron chi connectivity index (χ1n) is 7.06. The lowest BCUT2D eigenvalue weighted by molar-refractivity contribution is 0.0935. The van der Waals surface area contributed by atoms with E-state index >= 15 is 0 Å². The van der Waals surface area contributed by atoms with Crippen LogP contribution in [0, 0.1) is 6.92 Å². The number of hydrogen-bond donors (Lipinski definition) is 1. The molecule has 118 valence electrons. The van der Waals surface area contributed by atoms with Crippen molar-refractivity contribution in [2.75, 3.05) is 17.6 Å². The van der Waals surface area contributed by atoms with Crippen LogP contribution < -0.4 is 9.62 Å². The fraction of sp³-hybridized carbons (Fsp3) is 0.533. The Balaban J connectivity index is 3.00. The average Bonchev–Trinajstić information content (AvgIpc) is 2.42. The summed E-state index contributed by atoms with van der Waals surface area (Å²) in [7, 11) is -1.80. The molecule has 0 aliphatic carbocycles. The predicted molar refractivity (Wildman–Crippen MR) is 86.3 cm³/mol. The van der Waals surface area contributed by atoms with E-state index in [9.17, 15) is 13.2 Å². The Labute approximate surface area is 127 Å². The van der Waals surface area contributed by atoms with Crippen molar-refractivity contribution in [1.82, 2.24) is 5.32 Å². The summed E-state index contributed by atoms with van der Waals surface area (Å²) in [6.07, 6.45) is 2.92. The van der Waals surface area contributed by atoms with Gasteiger partial charge < -0.3 is 5.32 Å². The van der Waals surface area contributed by atoms with Gasteiger partial charge in [0.05, 0.1) is 11.9 Å². The fourth-order valence-corrected chi connectivity index (χ4v) is 2.65. The van der Waals surface area contributed by atoms with Crippen LogP contribution in [0.3, 0.4) is 0 Å². The molecule has 1 aromatic carbocycles. The van der Waals surface area contributed by atoms with Crippen LogP contribution in [0.4, 0.5) is 5.69 Å². The standard InChI is InChI=1S/C15H24N2O3S/c1-6-13(7-2)16-15(18)12-8-9-14(11(3)10-12)17(4)21(5,19)20/h8-10,13H,6-7H2,1-5H3,(H,16,18). The highest BCUT2D eigenvalue weighted by atomic mass is 32.2. The topological polar surface area (TPSA) is 66.5 Å². The number of carbonyl (C=O) groups excluding carboxylic acids is 1. The summed E-state index contributed by atoms with van der Waals surface area (Å²) in [4.78, 5) is 12.2. The molecule has 5 nitrogen and oxygen atoms in total. The van der Waals surface area contributed by atoms with Gasteiger partial charge in [-0.15, -0.1) is 0 Å². The molecule has 6 heteroatoms. The van der Waals surface area contributed by atoms with E-state index in [0.29, 0.717) is 11.3 Å². The number of aryl methyl sites for hydroxylation is 1. The third-order valence-corrected chi connectivity index (χ3v) is 4.81. The molecule has 0 unspecified atom stereocenters. The van der Waals surface area contributed by atoms with E-state index < -0.39 is 10.0 Å². The zero-order valence-electron chi connectivity index (χ0n) is 13.3. The summed E-state index contributed by atoms with van der Waals surface area (Å²) in [6.45, 7) is 5.86. The second-order valence-corrected chi connectivity index (χ2v) is 7.23. The molecule has 0 aliphatic rings. The lowest BCUT2D eigenvalue weighted by Gasteiger charge is -2.20. The van der Waals surface area contributed by atoms with E-state index in [1.807, 2.05) is 13.8 Å². The van der Waals surface area contributed by atoms with Crippen LogP contribution >= 0.6 is 0 Å². The van der Waals surface area contributed by atoms with Gasteiger partial charge in [-0.25, -0.2) is 8.42 Å². The number of nitrogens with one attached hydrogen (secondary N) is 1. The quantitative estimate of drug-likeness (QED) is 0.876. The van der Waals surface area contributed by atoms with E-state index in [2.05, 4.69) is 5.32 Å². The van der Waals surface area contributed by atoms with Gasteiger partial charge >= 0.3 is 0 Å². The Morgan fingerprint density at radius 2 is 1.86 bits per heavy atom. The molecule has 0 spiro atoms. The smallest absolute Gasteiger partial charge is 0.251 e. The van der Waals surface area contributed by atoms with Crippen molar-refractivity contribution in [2.45, 2.75) is 39.7 Å². The summed E-state index contributed by atoms with van der Waals surface area (Å²) in [6, 6.07) is 5.20. The van der Waals surface area contributed by atoms with Crippen LogP contribution in [0.5, 0.6) is 0 Å². The van der Waals surface area contributed by atoms with Gasteiger partial charge in [-0.05, 0) is 43.5 Å². The first-order chi connectivity index (χ1) is 9.70. The molecule has 0 aliphatic heterocycles. The fourth-order valence-electron chi connectivity index (χ4n) is 2.09. The van der Waals surface area contributed by atoms with E-state index in [0.717, 1.165) is 24.7 Å². The number of rotatable bonds is 6. The summed E-state index contributed by atoms with van der Waals surface area (Å²) in [5.41, 5.74) is 1.88. The molecule has 0 atom stereocenters. The van der Waals surface area contributed by atoms with Crippen LogP contribution in [0.1, 0.15) is 42.6 Å². The highest BCUT2D eigenvalue weighted by molar-refractivity contribution is 7.92. The third kappa shape index (κ3) is 4.46. The predicted octanol–water partition coefficient (Wildman–Crippen LogP) is 2.31. The minimum atomic E-state index is -3.31. The van der Waals surface area contributed by atoms with E-state index in [4.69, 9.17) is 0 Å². The Morgan fingerprint density at radius 3 is 2.29 bits per heavy atom. The Morgan fingerprint density at radius 1 is 1.29 bits per heavy atom. The zero-order chi connectivity index (χ0) is 16.2. The second-order valence-electron chi connectivity index (χ2n) is 5.22. The van der Waals surface area contributed by atoms with Crippen molar-refractivity contribution in [3.05, 3.63) is 29.3 Å². The molecule has 1 amide bonds. The van der Waals surface area contributed by atoms with Crippen molar-refractivity contribution >= 4 is 21.6 Å². The molecular formula is C15H24N2O3S. The monoisotopic (exact) mass is 312 g/mol. The highest BCUT2D eigenvalue weighted by Gasteiger charge is 2.16. The van der Waals surface area contributed by atoms with Gasteiger partial charge in [0.15, 0.2) is 0 Å². The Bertz CT molecular complexity index is 607. The Kier molecular flexibility index (Phi) is 5.78. The molecule has 1 rings (SSSR count). The number of hydrogen-bond acceptors (Lipinski definition) is 3. The van der Waals surface area contributed by atoms with Gasteiger partial charge in [-0.3, -0.25) is 9.10 Å². The highest BCUT2D eigenvalue weighted by Crippen LogP contribution is 2.22. The molecule has 0 radical (unpaired) electrons. The lowest BCUT2D eigenvalue weighted by Crippen LogP contribution is -2.34. The number of anilines is 1. The van der Waals surface area contributed by atoms with E-state index in [1.165, 1.54) is 11.4 Å². The van der Waals surface area contributed by atoms with Gasteiger partial charge in [-0.1, -0.05) is 13.8 Å². The van der Waals surface area contributed by atoms with E-state index in [-0.39, 0.29) is 11.9 Å². The zero-order valence-corrected chi connectivity index (χ0v) is 14.1. The van der Waals surface area contributed by atoms with Crippen molar-refractivity contribution < 1.29 is 13.2 Å². The SMILES string of the molecule is CCC(CC)NC(=O)c1ccc(N(C)S(C)(=O)=O)c(C)c1. The number of sulfonamides is 1. The number of benzene rings is 1. The van der Waals surface area contributed by atoms with Crippen LogP contribution in [0.2, 0.25) is 0 Å². The first-order valence-corrected chi connectivity index (χ1v) is 8.90. The summed E-state index contributed by atoms with van der Waals surface area (Å²) in [5.74, 6) is -0.125. The minimum Gasteiger partial charge on any atom is -0.349 e. The average molecular weight is 312 g/mol.